The second-order valence-corrected chi connectivity index (χ2v) is 7.35. The first-order valence-corrected chi connectivity index (χ1v) is 7.59. The Balaban J connectivity index is 2.29. The van der Waals surface area contributed by atoms with E-state index in [0.717, 1.165) is 6.07 Å². The first-order chi connectivity index (χ1) is 8.67. The summed E-state index contributed by atoms with van der Waals surface area (Å²) in [5.74, 6) is -0.601. The van der Waals surface area contributed by atoms with Crippen molar-refractivity contribution in [3.8, 4) is 0 Å². The van der Waals surface area contributed by atoms with Crippen molar-refractivity contribution in [3.05, 3.63) is 29.6 Å². The van der Waals surface area contributed by atoms with Gasteiger partial charge in [0, 0.05) is 13.1 Å². The van der Waals surface area contributed by atoms with Crippen LogP contribution < -0.4 is 0 Å². The highest BCUT2D eigenvalue weighted by Crippen LogP contribution is 2.34. The van der Waals surface area contributed by atoms with Gasteiger partial charge in [0.2, 0.25) is 10.0 Å². The number of β-amino-alcohol motifs (C(OH)–C–C–N with tert-alkyl or cyclic N) is 1. The molecule has 4 nitrogen and oxygen atoms in total. The number of halogens is 1. The van der Waals surface area contributed by atoms with Crippen molar-refractivity contribution in [2.24, 2.45) is 5.92 Å². The molecule has 1 aliphatic rings. The standard InChI is InChI=1S/C13H18FNO3S/c1-9(2)13(16)7-15(8-13)19(17,18)12-6-11(14)5-4-10(12)3/h4-6,9,16H,7-8H2,1-3H3. The predicted octanol–water partition coefficient (Wildman–Crippen LogP) is 1.53. The van der Waals surface area contributed by atoms with Crippen molar-refractivity contribution in [3.63, 3.8) is 0 Å². The molecule has 0 amide bonds. The topological polar surface area (TPSA) is 57.6 Å². The van der Waals surface area contributed by atoms with E-state index in [2.05, 4.69) is 0 Å². The predicted molar refractivity (Wildman–Crippen MR) is 69.7 cm³/mol. The minimum absolute atomic E-state index is 0.0208. The van der Waals surface area contributed by atoms with Crippen molar-refractivity contribution in [2.75, 3.05) is 13.1 Å². The lowest BCUT2D eigenvalue weighted by Gasteiger charge is -2.48. The lowest BCUT2D eigenvalue weighted by atomic mass is 9.85. The van der Waals surface area contributed by atoms with Gasteiger partial charge in [-0.1, -0.05) is 19.9 Å². The number of sulfonamides is 1. The molecule has 0 aliphatic carbocycles. The van der Waals surface area contributed by atoms with Crippen LogP contribution >= 0.6 is 0 Å². The van der Waals surface area contributed by atoms with Gasteiger partial charge in [0.1, 0.15) is 5.82 Å². The minimum Gasteiger partial charge on any atom is -0.387 e. The zero-order chi connectivity index (χ0) is 14.4. The van der Waals surface area contributed by atoms with Gasteiger partial charge in [0.05, 0.1) is 10.5 Å². The number of nitrogens with zero attached hydrogens (tertiary/aromatic N) is 1. The SMILES string of the molecule is Cc1ccc(F)cc1S(=O)(=O)N1CC(O)(C(C)C)C1. The van der Waals surface area contributed by atoms with Gasteiger partial charge < -0.3 is 5.11 Å². The van der Waals surface area contributed by atoms with Gasteiger partial charge in [0.15, 0.2) is 0 Å². The van der Waals surface area contributed by atoms with E-state index in [1.807, 2.05) is 13.8 Å². The van der Waals surface area contributed by atoms with Crippen molar-refractivity contribution >= 4 is 10.0 Å². The fourth-order valence-electron chi connectivity index (χ4n) is 2.09. The maximum Gasteiger partial charge on any atom is 0.243 e. The molecule has 1 heterocycles. The van der Waals surface area contributed by atoms with Gasteiger partial charge in [-0.3, -0.25) is 0 Å². The summed E-state index contributed by atoms with van der Waals surface area (Å²) in [4.78, 5) is -0.0293. The van der Waals surface area contributed by atoms with Crippen LogP contribution in [0.5, 0.6) is 0 Å². The third kappa shape index (κ3) is 2.40. The molecule has 1 aromatic rings. The molecule has 0 aromatic heterocycles. The molecule has 6 heteroatoms. The van der Waals surface area contributed by atoms with E-state index in [-0.39, 0.29) is 23.9 Å². The Hall–Kier alpha value is -0.980. The molecular weight excluding hydrogens is 269 g/mol. The molecule has 0 unspecified atom stereocenters. The van der Waals surface area contributed by atoms with Gasteiger partial charge in [-0.15, -0.1) is 0 Å². The summed E-state index contributed by atoms with van der Waals surface area (Å²) in [6, 6.07) is 3.70. The van der Waals surface area contributed by atoms with Crippen molar-refractivity contribution in [1.82, 2.24) is 4.31 Å². The molecular formula is C13H18FNO3S. The molecule has 1 saturated heterocycles. The molecule has 1 fully saturated rings. The Morgan fingerprint density at radius 3 is 2.47 bits per heavy atom. The Labute approximate surface area is 112 Å². The number of aryl methyl sites for hydroxylation is 1. The average molecular weight is 287 g/mol. The number of rotatable bonds is 3. The normalized spacial score (nSPS) is 19.5. The largest absolute Gasteiger partial charge is 0.387 e. The summed E-state index contributed by atoms with van der Waals surface area (Å²) < 4.78 is 39.1. The maximum absolute atomic E-state index is 13.2. The highest BCUT2D eigenvalue weighted by molar-refractivity contribution is 7.89. The molecule has 0 saturated carbocycles. The summed E-state index contributed by atoms with van der Waals surface area (Å²) in [5.41, 5.74) is -0.477. The van der Waals surface area contributed by atoms with E-state index in [9.17, 15) is 17.9 Å². The maximum atomic E-state index is 13.2. The monoisotopic (exact) mass is 287 g/mol. The van der Waals surface area contributed by atoms with E-state index in [1.165, 1.54) is 16.4 Å². The fraction of sp³-hybridized carbons (Fsp3) is 0.538. The number of aliphatic hydroxyl groups is 1. The Morgan fingerprint density at radius 1 is 1.37 bits per heavy atom. The molecule has 0 atom stereocenters. The summed E-state index contributed by atoms with van der Waals surface area (Å²) in [5, 5.41) is 10.1. The van der Waals surface area contributed by atoms with Crippen LogP contribution in [0.2, 0.25) is 0 Å². The quantitative estimate of drug-likeness (QED) is 0.917. The van der Waals surface area contributed by atoms with Gasteiger partial charge in [-0.25, -0.2) is 12.8 Å². The van der Waals surface area contributed by atoms with Crippen LogP contribution in [0.3, 0.4) is 0 Å². The molecule has 1 N–H and O–H groups in total. The lowest BCUT2D eigenvalue weighted by molar-refractivity contribution is -0.0932. The average Bonchev–Trinajstić information content (AvgIpc) is 2.27. The second-order valence-electron chi connectivity index (χ2n) is 5.44. The minimum atomic E-state index is -3.73. The number of benzene rings is 1. The molecule has 19 heavy (non-hydrogen) atoms. The van der Waals surface area contributed by atoms with Crippen LogP contribution in [-0.2, 0) is 10.0 Å². The fourth-order valence-corrected chi connectivity index (χ4v) is 3.89. The van der Waals surface area contributed by atoms with E-state index in [1.54, 1.807) is 6.92 Å². The van der Waals surface area contributed by atoms with Crippen LogP contribution in [0.15, 0.2) is 23.1 Å². The zero-order valence-electron chi connectivity index (χ0n) is 11.2. The Bertz CT molecular complexity index is 592. The van der Waals surface area contributed by atoms with Gasteiger partial charge in [0.25, 0.3) is 0 Å². The van der Waals surface area contributed by atoms with Crippen molar-refractivity contribution in [2.45, 2.75) is 31.3 Å². The Kier molecular flexibility index (Phi) is 3.45. The van der Waals surface area contributed by atoms with Crippen LogP contribution in [0.4, 0.5) is 4.39 Å². The molecule has 1 aromatic carbocycles. The molecule has 0 bridgehead atoms. The van der Waals surface area contributed by atoms with Gasteiger partial charge in [-0.2, -0.15) is 4.31 Å². The number of hydrogen-bond acceptors (Lipinski definition) is 3. The molecule has 0 radical (unpaired) electrons. The number of hydrogen-bond donors (Lipinski definition) is 1. The van der Waals surface area contributed by atoms with Crippen molar-refractivity contribution in [1.29, 1.82) is 0 Å². The van der Waals surface area contributed by atoms with Crippen LogP contribution in [0.25, 0.3) is 0 Å². The summed E-state index contributed by atoms with van der Waals surface area (Å²) in [7, 11) is -3.73. The third-order valence-corrected chi connectivity index (χ3v) is 5.68. The molecule has 1 aliphatic heterocycles. The molecule has 2 rings (SSSR count). The highest BCUT2D eigenvalue weighted by Gasteiger charge is 2.49. The van der Waals surface area contributed by atoms with E-state index in [4.69, 9.17) is 0 Å². The van der Waals surface area contributed by atoms with Crippen LogP contribution in [0.1, 0.15) is 19.4 Å². The van der Waals surface area contributed by atoms with Crippen LogP contribution in [0, 0.1) is 18.7 Å². The van der Waals surface area contributed by atoms with Crippen LogP contribution in [-0.4, -0.2) is 36.5 Å². The lowest BCUT2D eigenvalue weighted by Crippen LogP contribution is -2.65. The van der Waals surface area contributed by atoms with Gasteiger partial charge in [-0.05, 0) is 30.5 Å². The summed E-state index contributed by atoms with van der Waals surface area (Å²) in [6.07, 6.45) is 0. The summed E-state index contributed by atoms with van der Waals surface area (Å²) >= 11 is 0. The smallest absolute Gasteiger partial charge is 0.243 e. The van der Waals surface area contributed by atoms with Crippen molar-refractivity contribution < 1.29 is 17.9 Å². The molecule has 0 spiro atoms. The first kappa shape index (κ1) is 14.4. The van der Waals surface area contributed by atoms with E-state index in [0.29, 0.717) is 5.56 Å². The zero-order valence-corrected chi connectivity index (χ0v) is 12.0. The third-order valence-electron chi connectivity index (χ3n) is 3.74. The summed E-state index contributed by atoms with van der Waals surface area (Å²) in [6.45, 7) is 5.43. The Morgan fingerprint density at radius 2 is 1.95 bits per heavy atom. The molecule has 106 valence electrons. The highest BCUT2D eigenvalue weighted by atomic mass is 32.2. The van der Waals surface area contributed by atoms with E-state index >= 15 is 0 Å². The first-order valence-electron chi connectivity index (χ1n) is 6.15. The van der Waals surface area contributed by atoms with E-state index < -0.39 is 21.4 Å². The van der Waals surface area contributed by atoms with Gasteiger partial charge >= 0.3 is 0 Å². The second kappa shape index (κ2) is 4.54.